The SMILES string of the molecule is CCNC(=NCC(O)c1cccc(OC(C)C)c1)NCC1CCN(CC(F)(F)F)C1.I. The third-order valence-corrected chi connectivity index (χ3v) is 4.71. The smallest absolute Gasteiger partial charge is 0.401 e. The van der Waals surface area contributed by atoms with Crippen LogP contribution in [0.4, 0.5) is 13.2 Å². The highest BCUT2D eigenvalue weighted by atomic mass is 127. The Morgan fingerprint density at radius 3 is 2.71 bits per heavy atom. The van der Waals surface area contributed by atoms with E-state index in [9.17, 15) is 18.3 Å². The van der Waals surface area contributed by atoms with Gasteiger partial charge in [0.2, 0.25) is 0 Å². The molecule has 0 aliphatic carbocycles. The van der Waals surface area contributed by atoms with Crippen molar-refractivity contribution >= 4 is 29.9 Å². The maximum Gasteiger partial charge on any atom is 0.401 e. The number of aliphatic hydroxyl groups excluding tert-OH is 1. The molecule has 1 aliphatic heterocycles. The largest absolute Gasteiger partial charge is 0.491 e. The van der Waals surface area contributed by atoms with Gasteiger partial charge in [-0.1, -0.05) is 12.1 Å². The van der Waals surface area contributed by atoms with Crippen molar-refractivity contribution in [2.75, 3.05) is 39.3 Å². The molecular formula is C21H34F3IN4O2. The summed E-state index contributed by atoms with van der Waals surface area (Å²) >= 11 is 0. The summed E-state index contributed by atoms with van der Waals surface area (Å²) in [6, 6.07) is 7.29. The van der Waals surface area contributed by atoms with Gasteiger partial charge in [-0.25, -0.2) is 0 Å². The third-order valence-electron chi connectivity index (χ3n) is 4.71. The van der Waals surface area contributed by atoms with Gasteiger partial charge in [-0.05, 0) is 57.4 Å². The summed E-state index contributed by atoms with van der Waals surface area (Å²) < 4.78 is 43.3. The van der Waals surface area contributed by atoms with Crippen LogP contribution < -0.4 is 15.4 Å². The maximum atomic E-state index is 12.5. The molecule has 1 saturated heterocycles. The molecule has 1 aromatic carbocycles. The number of guanidine groups is 1. The predicted molar refractivity (Wildman–Crippen MR) is 127 cm³/mol. The molecule has 0 aromatic heterocycles. The highest BCUT2D eigenvalue weighted by Gasteiger charge is 2.34. The van der Waals surface area contributed by atoms with E-state index in [1.165, 1.54) is 4.90 Å². The lowest BCUT2D eigenvalue weighted by molar-refractivity contribution is -0.143. The number of rotatable bonds is 9. The summed E-state index contributed by atoms with van der Waals surface area (Å²) in [4.78, 5) is 5.87. The Labute approximate surface area is 199 Å². The number of benzene rings is 1. The van der Waals surface area contributed by atoms with E-state index in [0.29, 0.717) is 49.9 Å². The molecular weight excluding hydrogens is 524 g/mol. The Balaban J connectivity index is 0.00000480. The Hall–Kier alpha value is -1.27. The zero-order valence-corrected chi connectivity index (χ0v) is 20.6. The van der Waals surface area contributed by atoms with E-state index in [1.54, 1.807) is 6.07 Å². The second kappa shape index (κ2) is 13.3. The highest BCUT2D eigenvalue weighted by Crippen LogP contribution is 2.23. The molecule has 0 amide bonds. The molecule has 0 bridgehead atoms. The van der Waals surface area contributed by atoms with Crippen LogP contribution in [0.2, 0.25) is 0 Å². The average molecular weight is 558 g/mol. The minimum Gasteiger partial charge on any atom is -0.491 e. The zero-order valence-electron chi connectivity index (χ0n) is 18.3. The van der Waals surface area contributed by atoms with E-state index in [1.807, 2.05) is 39.0 Å². The number of alkyl halides is 3. The first-order valence-electron chi connectivity index (χ1n) is 10.4. The number of hydrogen-bond donors (Lipinski definition) is 3. The van der Waals surface area contributed by atoms with Crippen molar-refractivity contribution in [2.45, 2.75) is 45.6 Å². The standard InChI is InChI=1S/C21H33F3N4O2.HI/c1-4-25-20(26-11-16-8-9-28(13-16)14-21(22,23)24)27-12-19(29)17-6-5-7-18(10-17)30-15(2)3;/h5-7,10,15-16,19,29H,4,8-9,11-14H2,1-3H3,(H2,25,26,27);1H. The quantitative estimate of drug-likeness (QED) is 0.246. The molecule has 1 heterocycles. The van der Waals surface area contributed by atoms with Gasteiger partial charge in [0, 0.05) is 19.6 Å². The number of nitrogens with zero attached hydrogens (tertiary/aromatic N) is 2. The third kappa shape index (κ3) is 10.7. The average Bonchev–Trinajstić information content (AvgIpc) is 3.09. The molecule has 0 radical (unpaired) electrons. The molecule has 0 saturated carbocycles. The number of hydrogen-bond acceptors (Lipinski definition) is 4. The van der Waals surface area contributed by atoms with Gasteiger partial charge in [-0.15, -0.1) is 24.0 Å². The first-order chi connectivity index (χ1) is 14.2. The van der Waals surface area contributed by atoms with Crippen molar-refractivity contribution in [3.8, 4) is 5.75 Å². The number of likely N-dealkylation sites (tertiary alicyclic amines) is 1. The Morgan fingerprint density at radius 1 is 1.32 bits per heavy atom. The first-order valence-corrected chi connectivity index (χ1v) is 10.4. The summed E-state index contributed by atoms with van der Waals surface area (Å²) in [7, 11) is 0. The molecule has 178 valence electrons. The van der Waals surface area contributed by atoms with Crippen LogP contribution in [0, 0.1) is 5.92 Å². The van der Waals surface area contributed by atoms with Crippen LogP contribution in [0.5, 0.6) is 5.75 Å². The van der Waals surface area contributed by atoms with Gasteiger partial charge in [0.15, 0.2) is 5.96 Å². The molecule has 3 N–H and O–H groups in total. The first kappa shape index (κ1) is 27.8. The van der Waals surface area contributed by atoms with Crippen LogP contribution in [-0.2, 0) is 0 Å². The Bertz CT molecular complexity index is 689. The van der Waals surface area contributed by atoms with Crippen molar-refractivity contribution in [1.82, 2.24) is 15.5 Å². The Kier molecular flexibility index (Phi) is 11.9. The monoisotopic (exact) mass is 558 g/mol. The number of aliphatic hydroxyl groups is 1. The van der Waals surface area contributed by atoms with E-state index in [4.69, 9.17) is 4.74 Å². The van der Waals surface area contributed by atoms with Crippen molar-refractivity contribution in [3.05, 3.63) is 29.8 Å². The molecule has 1 aromatic rings. The minimum atomic E-state index is -4.16. The lowest BCUT2D eigenvalue weighted by atomic mass is 10.1. The zero-order chi connectivity index (χ0) is 22.1. The van der Waals surface area contributed by atoms with Crippen molar-refractivity contribution in [3.63, 3.8) is 0 Å². The molecule has 6 nitrogen and oxygen atoms in total. The topological polar surface area (TPSA) is 69.1 Å². The summed E-state index contributed by atoms with van der Waals surface area (Å²) in [5, 5.41) is 16.8. The molecule has 1 fully saturated rings. The summed E-state index contributed by atoms with van der Waals surface area (Å²) in [6.45, 7) is 7.15. The number of halogens is 4. The van der Waals surface area contributed by atoms with E-state index in [2.05, 4.69) is 15.6 Å². The van der Waals surface area contributed by atoms with Gasteiger partial charge < -0.3 is 20.5 Å². The lowest BCUT2D eigenvalue weighted by Crippen LogP contribution is -2.41. The lowest BCUT2D eigenvalue weighted by Gasteiger charge is -2.19. The van der Waals surface area contributed by atoms with Gasteiger partial charge >= 0.3 is 6.18 Å². The molecule has 2 rings (SSSR count). The highest BCUT2D eigenvalue weighted by molar-refractivity contribution is 14.0. The number of aliphatic imine (C=N–C) groups is 1. The van der Waals surface area contributed by atoms with Gasteiger partial charge in [0.1, 0.15) is 5.75 Å². The van der Waals surface area contributed by atoms with Crippen molar-refractivity contribution in [2.24, 2.45) is 10.9 Å². The molecule has 2 atom stereocenters. The van der Waals surface area contributed by atoms with E-state index in [-0.39, 0.29) is 42.5 Å². The Morgan fingerprint density at radius 2 is 2.06 bits per heavy atom. The summed E-state index contributed by atoms with van der Waals surface area (Å²) in [5.41, 5.74) is 0.714. The van der Waals surface area contributed by atoms with Crippen LogP contribution in [0.15, 0.2) is 29.3 Å². The van der Waals surface area contributed by atoms with E-state index < -0.39 is 18.8 Å². The van der Waals surface area contributed by atoms with E-state index >= 15 is 0 Å². The van der Waals surface area contributed by atoms with Gasteiger partial charge in [0.05, 0.1) is 25.3 Å². The normalized spacial score (nSPS) is 18.6. The summed E-state index contributed by atoms with van der Waals surface area (Å²) in [6.07, 6.45) is -4.19. The fourth-order valence-corrected chi connectivity index (χ4v) is 3.41. The van der Waals surface area contributed by atoms with Gasteiger partial charge in [-0.2, -0.15) is 13.2 Å². The molecule has 2 unspecified atom stereocenters. The van der Waals surface area contributed by atoms with Crippen LogP contribution in [0.3, 0.4) is 0 Å². The van der Waals surface area contributed by atoms with Gasteiger partial charge in [-0.3, -0.25) is 9.89 Å². The molecule has 0 spiro atoms. The van der Waals surface area contributed by atoms with Gasteiger partial charge in [0.25, 0.3) is 0 Å². The fourth-order valence-electron chi connectivity index (χ4n) is 3.41. The minimum absolute atomic E-state index is 0. The van der Waals surface area contributed by atoms with Crippen LogP contribution >= 0.6 is 24.0 Å². The number of nitrogens with one attached hydrogen (secondary N) is 2. The fraction of sp³-hybridized carbons (Fsp3) is 0.667. The summed E-state index contributed by atoms with van der Waals surface area (Å²) in [5.74, 6) is 1.37. The molecule has 31 heavy (non-hydrogen) atoms. The molecule has 1 aliphatic rings. The van der Waals surface area contributed by atoms with Crippen LogP contribution in [0.1, 0.15) is 38.9 Å². The van der Waals surface area contributed by atoms with Crippen LogP contribution in [0.25, 0.3) is 0 Å². The van der Waals surface area contributed by atoms with Crippen LogP contribution in [-0.4, -0.2) is 67.5 Å². The number of ether oxygens (including phenoxy) is 1. The maximum absolute atomic E-state index is 12.5. The second-order valence-electron chi connectivity index (χ2n) is 7.86. The van der Waals surface area contributed by atoms with Crippen molar-refractivity contribution in [1.29, 1.82) is 0 Å². The second-order valence-corrected chi connectivity index (χ2v) is 7.86. The van der Waals surface area contributed by atoms with Crippen molar-refractivity contribution < 1.29 is 23.0 Å². The predicted octanol–water partition coefficient (Wildman–Crippen LogP) is 3.56. The van der Waals surface area contributed by atoms with E-state index in [0.717, 1.165) is 0 Å². The molecule has 10 heteroatoms.